The molecule has 1 N–H and O–H groups in total. The molecule has 5 heteroatoms. The Hall–Kier alpha value is -1.71. The lowest BCUT2D eigenvalue weighted by Gasteiger charge is -2.09. The monoisotopic (exact) mass is 291 g/mol. The van der Waals surface area contributed by atoms with Crippen molar-refractivity contribution in [3.63, 3.8) is 0 Å². The number of aromatic nitrogens is 2. The summed E-state index contributed by atoms with van der Waals surface area (Å²) in [5, 5.41) is 5.49. The number of benzene rings is 1. The number of aryl methyl sites for hydroxylation is 1. The number of fused-ring (bicyclic) bond motifs is 1. The second-order valence-corrected chi connectivity index (χ2v) is 5.11. The van der Waals surface area contributed by atoms with Crippen molar-refractivity contribution in [2.45, 2.75) is 0 Å². The molecule has 3 aromatic rings. The molecular formula is C14H11Cl2N3. The van der Waals surface area contributed by atoms with Gasteiger partial charge in [-0.05, 0) is 36.4 Å². The van der Waals surface area contributed by atoms with Crippen molar-refractivity contribution in [1.82, 2.24) is 9.55 Å². The summed E-state index contributed by atoms with van der Waals surface area (Å²) in [6.07, 6.45) is 1.98. The van der Waals surface area contributed by atoms with Gasteiger partial charge in [0.2, 0.25) is 0 Å². The van der Waals surface area contributed by atoms with E-state index in [2.05, 4.69) is 10.3 Å². The van der Waals surface area contributed by atoms with Crippen LogP contribution < -0.4 is 5.32 Å². The van der Waals surface area contributed by atoms with E-state index in [4.69, 9.17) is 23.2 Å². The summed E-state index contributed by atoms with van der Waals surface area (Å²) in [6.45, 7) is 0. The van der Waals surface area contributed by atoms with E-state index >= 15 is 0 Å². The molecule has 3 rings (SSSR count). The normalized spacial score (nSPS) is 10.9. The first-order valence-electron chi connectivity index (χ1n) is 5.77. The standard InChI is InChI=1S/C14H11Cl2N3/c1-19-7-6-9-8-12(16)18-14(13(9)19)17-11-4-2-10(15)3-5-11/h2-8H,1H3,(H,17,18). The highest BCUT2D eigenvalue weighted by Gasteiger charge is 2.08. The molecule has 0 amide bonds. The van der Waals surface area contributed by atoms with Crippen LogP contribution in [0.4, 0.5) is 11.5 Å². The number of nitrogens with one attached hydrogen (secondary N) is 1. The van der Waals surface area contributed by atoms with Gasteiger partial charge in [0.1, 0.15) is 5.15 Å². The topological polar surface area (TPSA) is 29.9 Å². The van der Waals surface area contributed by atoms with E-state index in [1.165, 1.54) is 0 Å². The van der Waals surface area contributed by atoms with E-state index in [1.54, 1.807) is 0 Å². The Balaban J connectivity index is 2.09. The van der Waals surface area contributed by atoms with Gasteiger partial charge >= 0.3 is 0 Å². The Morgan fingerprint density at radius 2 is 1.84 bits per heavy atom. The Morgan fingerprint density at radius 3 is 2.58 bits per heavy atom. The predicted molar refractivity (Wildman–Crippen MR) is 80.5 cm³/mol. The summed E-state index contributed by atoms with van der Waals surface area (Å²) >= 11 is 11.9. The molecule has 1 aromatic carbocycles. The summed E-state index contributed by atoms with van der Waals surface area (Å²) in [5.41, 5.74) is 1.93. The molecule has 3 nitrogen and oxygen atoms in total. The molecule has 0 unspecified atom stereocenters. The van der Waals surface area contributed by atoms with Crippen molar-refractivity contribution in [2.75, 3.05) is 5.32 Å². The van der Waals surface area contributed by atoms with E-state index in [1.807, 2.05) is 54.2 Å². The molecule has 0 aliphatic heterocycles. The third kappa shape index (κ3) is 2.39. The summed E-state index contributed by atoms with van der Waals surface area (Å²) < 4.78 is 2.01. The van der Waals surface area contributed by atoms with Crippen molar-refractivity contribution >= 4 is 45.6 Å². The van der Waals surface area contributed by atoms with Gasteiger partial charge in [-0.3, -0.25) is 0 Å². The van der Waals surface area contributed by atoms with Gasteiger partial charge in [-0.2, -0.15) is 0 Å². The van der Waals surface area contributed by atoms with Crippen LogP contribution in [0.2, 0.25) is 10.2 Å². The fourth-order valence-electron chi connectivity index (χ4n) is 2.05. The molecule has 0 radical (unpaired) electrons. The maximum absolute atomic E-state index is 6.04. The van der Waals surface area contributed by atoms with Crippen molar-refractivity contribution < 1.29 is 0 Å². The van der Waals surface area contributed by atoms with Gasteiger partial charge in [-0.1, -0.05) is 23.2 Å². The summed E-state index contributed by atoms with van der Waals surface area (Å²) in [4.78, 5) is 4.35. The summed E-state index contributed by atoms with van der Waals surface area (Å²) in [5.74, 6) is 0.734. The highest BCUT2D eigenvalue weighted by molar-refractivity contribution is 6.31. The summed E-state index contributed by atoms with van der Waals surface area (Å²) in [7, 11) is 1.98. The summed E-state index contributed by atoms with van der Waals surface area (Å²) in [6, 6.07) is 11.3. The molecule has 0 fully saturated rings. The first-order valence-corrected chi connectivity index (χ1v) is 6.53. The number of halogens is 2. The molecule has 0 spiro atoms. The van der Waals surface area contributed by atoms with Crippen molar-refractivity contribution in [3.05, 3.63) is 52.8 Å². The van der Waals surface area contributed by atoms with E-state index in [9.17, 15) is 0 Å². The first kappa shape index (κ1) is 12.3. The van der Waals surface area contributed by atoms with Gasteiger partial charge in [-0.25, -0.2) is 4.98 Å². The Kier molecular flexibility index (Phi) is 3.09. The van der Waals surface area contributed by atoms with E-state index < -0.39 is 0 Å². The molecule has 0 saturated heterocycles. The van der Waals surface area contributed by atoms with E-state index in [0.717, 1.165) is 22.4 Å². The molecular weight excluding hydrogens is 281 g/mol. The average Bonchev–Trinajstić information content (AvgIpc) is 2.74. The van der Waals surface area contributed by atoms with Crippen LogP contribution in [0.25, 0.3) is 10.9 Å². The zero-order valence-corrected chi connectivity index (χ0v) is 11.7. The van der Waals surface area contributed by atoms with E-state index in [-0.39, 0.29) is 0 Å². The average molecular weight is 292 g/mol. The number of anilines is 2. The Bertz CT molecular complexity index is 732. The van der Waals surface area contributed by atoms with Gasteiger partial charge in [0.25, 0.3) is 0 Å². The van der Waals surface area contributed by atoms with Gasteiger partial charge in [-0.15, -0.1) is 0 Å². The van der Waals surface area contributed by atoms with Gasteiger partial charge < -0.3 is 9.88 Å². The zero-order valence-electron chi connectivity index (χ0n) is 10.2. The zero-order chi connectivity index (χ0) is 13.4. The SMILES string of the molecule is Cn1ccc2cc(Cl)nc(Nc3ccc(Cl)cc3)c21. The maximum Gasteiger partial charge on any atom is 0.156 e. The van der Waals surface area contributed by atoms with Crippen LogP contribution >= 0.6 is 23.2 Å². The van der Waals surface area contributed by atoms with Crippen LogP contribution in [0.1, 0.15) is 0 Å². The molecule has 0 atom stereocenters. The van der Waals surface area contributed by atoms with Gasteiger partial charge in [0.15, 0.2) is 5.82 Å². The minimum Gasteiger partial charge on any atom is -0.348 e. The lowest BCUT2D eigenvalue weighted by Crippen LogP contribution is -1.97. The molecule has 96 valence electrons. The minimum atomic E-state index is 0.468. The molecule has 0 saturated carbocycles. The van der Waals surface area contributed by atoms with Gasteiger partial charge in [0.05, 0.1) is 5.52 Å². The second-order valence-electron chi connectivity index (χ2n) is 4.29. The highest BCUT2D eigenvalue weighted by atomic mass is 35.5. The maximum atomic E-state index is 6.04. The Morgan fingerprint density at radius 1 is 1.11 bits per heavy atom. The molecule has 0 aliphatic carbocycles. The molecule has 2 aromatic heterocycles. The minimum absolute atomic E-state index is 0.468. The number of hydrogen-bond donors (Lipinski definition) is 1. The predicted octanol–water partition coefficient (Wildman–Crippen LogP) is 4.62. The van der Waals surface area contributed by atoms with Crippen LogP contribution in [0.3, 0.4) is 0 Å². The van der Waals surface area contributed by atoms with Crippen molar-refractivity contribution in [3.8, 4) is 0 Å². The van der Waals surface area contributed by atoms with Gasteiger partial charge in [0, 0.05) is 29.3 Å². The van der Waals surface area contributed by atoms with E-state index in [0.29, 0.717) is 10.2 Å². The third-order valence-corrected chi connectivity index (χ3v) is 3.37. The van der Waals surface area contributed by atoms with Crippen molar-refractivity contribution in [1.29, 1.82) is 0 Å². The molecule has 2 heterocycles. The largest absolute Gasteiger partial charge is 0.348 e. The smallest absolute Gasteiger partial charge is 0.156 e. The van der Waals surface area contributed by atoms with Crippen LogP contribution in [-0.2, 0) is 7.05 Å². The Labute approximate surface area is 120 Å². The first-order chi connectivity index (χ1) is 9.13. The lowest BCUT2D eigenvalue weighted by atomic mass is 10.3. The number of rotatable bonds is 2. The number of pyridine rings is 1. The van der Waals surface area contributed by atoms with Crippen LogP contribution in [0.15, 0.2) is 42.6 Å². The van der Waals surface area contributed by atoms with Crippen LogP contribution in [-0.4, -0.2) is 9.55 Å². The van der Waals surface area contributed by atoms with Crippen molar-refractivity contribution in [2.24, 2.45) is 7.05 Å². The second kappa shape index (κ2) is 4.76. The fraction of sp³-hybridized carbons (Fsp3) is 0.0714. The lowest BCUT2D eigenvalue weighted by molar-refractivity contribution is 0.966. The van der Waals surface area contributed by atoms with Crippen LogP contribution in [0.5, 0.6) is 0 Å². The molecule has 0 aliphatic rings. The fourth-order valence-corrected chi connectivity index (χ4v) is 2.37. The highest BCUT2D eigenvalue weighted by Crippen LogP contribution is 2.28. The molecule has 19 heavy (non-hydrogen) atoms. The quantitative estimate of drug-likeness (QED) is 0.698. The number of nitrogens with zero attached hydrogens (tertiary/aromatic N) is 2. The van der Waals surface area contributed by atoms with Crippen LogP contribution in [0, 0.1) is 0 Å². The number of hydrogen-bond acceptors (Lipinski definition) is 2. The molecule has 0 bridgehead atoms. The third-order valence-electron chi connectivity index (χ3n) is 2.93.